The molecule has 0 unspecified atom stereocenters. The fraction of sp³-hybridized carbons (Fsp3) is 0.222. The van der Waals surface area contributed by atoms with Crippen molar-refractivity contribution in [2.45, 2.75) is 20.4 Å². The summed E-state index contributed by atoms with van der Waals surface area (Å²) in [6.07, 6.45) is 0. The third-order valence-corrected chi connectivity index (χ3v) is 4.05. The molecule has 0 bridgehead atoms. The normalized spacial score (nSPS) is 10.7. The molecule has 0 aliphatic heterocycles. The van der Waals surface area contributed by atoms with E-state index in [2.05, 4.69) is 15.5 Å². The topological polar surface area (TPSA) is 81.8 Å². The van der Waals surface area contributed by atoms with E-state index < -0.39 is 0 Å². The molecular formula is C18H18ClN5O2. The van der Waals surface area contributed by atoms with Gasteiger partial charge in [0.1, 0.15) is 0 Å². The molecule has 26 heavy (non-hydrogen) atoms. The van der Waals surface area contributed by atoms with E-state index in [9.17, 15) is 9.59 Å². The second-order valence-electron chi connectivity index (χ2n) is 5.85. The number of aromatic nitrogens is 4. The minimum absolute atomic E-state index is 0.232. The molecular weight excluding hydrogens is 354 g/mol. The van der Waals surface area contributed by atoms with Gasteiger partial charge in [0.15, 0.2) is 5.82 Å². The van der Waals surface area contributed by atoms with Crippen LogP contribution < -0.4 is 10.9 Å². The Balaban J connectivity index is 1.69. The zero-order chi connectivity index (χ0) is 18.7. The number of nitrogens with zero attached hydrogens (tertiary/aromatic N) is 4. The molecule has 2 aromatic heterocycles. The van der Waals surface area contributed by atoms with E-state index in [1.807, 2.05) is 19.9 Å². The highest BCUT2D eigenvalue weighted by atomic mass is 35.5. The first kappa shape index (κ1) is 17.9. The molecule has 7 nitrogen and oxygen atoms in total. The van der Waals surface area contributed by atoms with Crippen LogP contribution in [0.2, 0.25) is 5.02 Å². The highest BCUT2D eigenvalue weighted by Crippen LogP contribution is 2.09. The van der Waals surface area contributed by atoms with E-state index in [0.717, 1.165) is 11.4 Å². The summed E-state index contributed by atoms with van der Waals surface area (Å²) in [6, 6.07) is 11.6. The summed E-state index contributed by atoms with van der Waals surface area (Å²) >= 11 is 5.81. The van der Waals surface area contributed by atoms with Gasteiger partial charge in [-0.15, -0.1) is 5.10 Å². The largest absolute Gasteiger partial charge is 0.350 e. The summed E-state index contributed by atoms with van der Waals surface area (Å²) in [5.74, 6) is 0.323. The van der Waals surface area contributed by atoms with Crippen LogP contribution in [-0.2, 0) is 6.54 Å². The van der Waals surface area contributed by atoms with Crippen LogP contribution in [0.15, 0.2) is 47.3 Å². The average molecular weight is 372 g/mol. The summed E-state index contributed by atoms with van der Waals surface area (Å²) < 4.78 is 2.99. The summed E-state index contributed by atoms with van der Waals surface area (Å²) in [7, 11) is 0. The van der Waals surface area contributed by atoms with Crippen molar-refractivity contribution in [3.63, 3.8) is 0 Å². The van der Waals surface area contributed by atoms with Gasteiger partial charge in [0.25, 0.3) is 11.5 Å². The van der Waals surface area contributed by atoms with Crippen molar-refractivity contribution in [1.82, 2.24) is 24.9 Å². The van der Waals surface area contributed by atoms with Crippen LogP contribution >= 0.6 is 11.6 Å². The fourth-order valence-electron chi connectivity index (χ4n) is 2.55. The number of hydrogen-bond donors (Lipinski definition) is 1. The minimum atomic E-state index is -0.240. The number of carbonyl (C=O) groups is 1. The van der Waals surface area contributed by atoms with Gasteiger partial charge in [-0.3, -0.25) is 9.59 Å². The molecule has 1 aromatic carbocycles. The third-order valence-electron chi connectivity index (χ3n) is 3.79. The number of benzene rings is 1. The Morgan fingerprint density at radius 1 is 1.12 bits per heavy atom. The Morgan fingerprint density at radius 3 is 2.50 bits per heavy atom. The zero-order valence-electron chi connectivity index (χ0n) is 14.4. The molecule has 3 aromatic rings. The average Bonchev–Trinajstić information content (AvgIpc) is 2.95. The van der Waals surface area contributed by atoms with Gasteiger partial charge in [0, 0.05) is 28.9 Å². The first-order valence-corrected chi connectivity index (χ1v) is 8.47. The Hall–Kier alpha value is -2.93. The maximum absolute atomic E-state index is 12.1. The highest BCUT2D eigenvalue weighted by Gasteiger charge is 2.08. The second kappa shape index (κ2) is 7.53. The third kappa shape index (κ3) is 4.00. The molecule has 0 saturated carbocycles. The quantitative estimate of drug-likeness (QED) is 0.744. The zero-order valence-corrected chi connectivity index (χ0v) is 15.2. The van der Waals surface area contributed by atoms with Crippen LogP contribution in [0.3, 0.4) is 0 Å². The summed E-state index contributed by atoms with van der Waals surface area (Å²) in [5, 5.41) is 12.0. The summed E-state index contributed by atoms with van der Waals surface area (Å²) in [5.41, 5.74) is 2.07. The van der Waals surface area contributed by atoms with Gasteiger partial charge in [0.2, 0.25) is 0 Å². The molecule has 0 spiro atoms. The fourth-order valence-corrected chi connectivity index (χ4v) is 2.68. The Kier molecular flexibility index (Phi) is 5.18. The van der Waals surface area contributed by atoms with Crippen LogP contribution in [0, 0.1) is 13.8 Å². The molecule has 0 fully saturated rings. The Bertz CT molecular complexity index is 992. The maximum atomic E-state index is 12.1. The number of hydrogen-bond acceptors (Lipinski definition) is 4. The molecule has 3 rings (SSSR count). The van der Waals surface area contributed by atoms with Crippen molar-refractivity contribution in [1.29, 1.82) is 0 Å². The van der Waals surface area contributed by atoms with Gasteiger partial charge < -0.3 is 5.32 Å². The van der Waals surface area contributed by atoms with E-state index in [1.54, 1.807) is 35.0 Å². The van der Waals surface area contributed by atoms with Crippen molar-refractivity contribution >= 4 is 17.5 Å². The number of halogens is 1. The smallest absolute Gasteiger partial charge is 0.266 e. The number of carbonyl (C=O) groups excluding carboxylic acids is 1. The lowest BCUT2D eigenvalue weighted by atomic mass is 10.2. The molecule has 1 N–H and O–H groups in total. The lowest BCUT2D eigenvalue weighted by Crippen LogP contribution is -2.32. The van der Waals surface area contributed by atoms with Crippen molar-refractivity contribution in [2.24, 2.45) is 0 Å². The first-order chi connectivity index (χ1) is 12.4. The van der Waals surface area contributed by atoms with Crippen LogP contribution in [0.4, 0.5) is 0 Å². The molecule has 0 aliphatic carbocycles. The maximum Gasteiger partial charge on any atom is 0.266 e. The number of nitrogens with one attached hydrogen (secondary N) is 1. The standard InChI is InChI=1S/C18H18ClN5O2/c1-12-11-13(2)24(21-12)16-7-8-17(25)23(22-16)10-9-20-18(26)14-3-5-15(19)6-4-14/h3-8,11H,9-10H2,1-2H3,(H,20,26). The summed E-state index contributed by atoms with van der Waals surface area (Å²) in [4.78, 5) is 24.1. The Labute approximate surface area is 155 Å². The van der Waals surface area contributed by atoms with Crippen LogP contribution in [-0.4, -0.2) is 32.0 Å². The van der Waals surface area contributed by atoms with E-state index in [4.69, 9.17) is 11.6 Å². The van der Waals surface area contributed by atoms with Crippen molar-refractivity contribution in [3.8, 4) is 5.82 Å². The number of rotatable bonds is 5. The molecule has 0 saturated heterocycles. The Morgan fingerprint density at radius 2 is 1.85 bits per heavy atom. The van der Waals surface area contributed by atoms with Crippen LogP contribution in [0.25, 0.3) is 5.82 Å². The molecule has 134 valence electrons. The van der Waals surface area contributed by atoms with Gasteiger partial charge in [-0.25, -0.2) is 9.36 Å². The lowest BCUT2D eigenvalue weighted by molar-refractivity contribution is 0.0951. The van der Waals surface area contributed by atoms with E-state index in [-0.39, 0.29) is 24.6 Å². The molecule has 0 radical (unpaired) electrons. The second-order valence-corrected chi connectivity index (χ2v) is 6.29. The van der Waals surface area contributed by atoms with Crippen LogP contribution in [0.5, 0.6) is 0 Å². The predicted molar refractivity (Wildman–Crippen MR) is 98.9 cm³/mol. The van der Waals surface area contributed by atoms with Crippen LogP contribution in [0.1, 0.15) is 21.7 Å². The molecule has 0 aliphatic rings. The number of aryl methyl sites for hydroxylation is 2. The monoisotopic (exact) mass is 371 g/mol. The van der Waals surface area contributed by atoms with E-state index in [1.165, 1.54) is 10.7 Å². The van der Waals surface area contributed by atoms with Crippen molar-refractivity contribution in [2.75, 3.05) is 6.54 Å². The minimum Gasteiger partial charge on any atom is -0.350 e. The van der Waals surface area contributed by atoms with Gasteiger partial charge in [-0.05, 0) is 50.2 Å². The molecule has 1 amide bonds. The predicted octanol–water partition coefficient (Wildman–Crippen LogP) is 2.13. The van der Waals surface area contributed by atoms with Crippen molar-refractivity contribution in [3.05, 3.63) is 74.8 Å². The van der Waals surface area contributed by atoms with Crippen molar-refractivity contribution < 1.29 is 4.79 Å². The van der Waals surface area contributed by atoms with E-state index in [0.29, 0.717) is 16.4 Å². The van der Waals surface area contributed by atoms with Gasteiger partial charge in [-0.2, -0.15) is 5.10 Å². The molecule has 0 atom stereocenters. The van der Waals surface area contributed by atoms with Gasteiger partial charge in [0.05, 0.1) is 12.2 Å². The SMILES string of the molecule is Cc1cc(C)n(-c2ccc(=O)n(CCNC(=O)c3ccc(Cl)cc3)n2)n1. The van der Waals surface area contributed by atoms with Gasteiger partial charge >= 0.3 is 0 Å². The lowest BCUT2D eigenvalue weighted by Gasteiger charge is -2.09. The molecule has 2 heterocycles. The molecule has 8 heteroatoms. The summed E-state index contributed by atoms with van der Waals surface area (Å²) in [6.45, 7) is 4.34. The van der Waals surface area contributed by atoms with Gasteiger partial charge in [-0.1, -0.05) is 11.6 Å². The van der Waals surface area contributed by atoms with E-state index >= 15 is 0 Å². The highest BCUT2D eigenvalue weighted by molar-refractivity contribution is 6.30. The number of amides is 1. The first-order valence-electron chi connectivity index (χ1n) is 8.09.